The van der Waals surface area contributed by atoms with E-state index in [1.807, 2.05) is 26.0 Å². The van der Waals surface area contributed by atoms with Crippen LogP contribution in [0.25, 0.3) is 0 Å². The molecule has 106 valence electrons. The lowest BCUT2D eigenvalue weighted by atomic mass is 10.1. The average molecular weight is 300 g/mol. The van der Waals surface area contributed by atoms with Gasteiger partial charge in [0, 0.05) is 10.7 Å². The molecule has 0 aliphatic carbocycles. The predicted molar refractivity (Wildman–Crippen MR) is 84.7 cm³/mol. The molecule has 2 N–H and O–H groups in total. The maximum Gasteiger partial charge on any atom is 0.323 e. The van der Waals surface area contributed by atoms with Crippen LogP contribution in [0.4, 0.5) is 16.2 Å². The summed E-state index contributed by atoms with van der Waals surface area (Å²) in [5, 5.41) is 15.1. The van der Waals surface area contributed by atoms with Crippen LogP contribution in [0.1, 0.15) is 16.7 Å². The van der Waals surface area contributed by atoms with Crippen molar-refractivity contribution in [3.05, 3.63) is 58.1 Å². The fraction of sp³-hybridized carbons (Fsp3) is 0.125. The van der Waals surface area contributed by atoms with Crippen molar-refractivity contribution in [1.82, 2.24) is 0 Å². The molecule has 0 unspecified atom stereocenters. The van der Waals surface area contributed by atoms with Crippen molar-refractivity contribution in [2.75, 3.05) is 10.6 Å². The van der Waals surface area contributed by atoms with Gasteiger partial charge >= 0.3 is 6.03 Å². The Kier molecular flexibility index (Phi) is 4.46. The highest BCUT2D eigenvalue weighted by Crippen LogP contribution is 2.21. The Balaban J connectivity index is 2.14. The first-order chi connectivity index (χ1) is 10.0. The van der Waals surface area contributed by atoms with E-state index in [0.717, 1.165) is 11.1 Å². The van der Waals surface area contributed by atoms with Gasteiger partial charge in [-0.15, -0.1) is 0 Å². The summed E-state index contributed by atoms with van der Waals surface area (Å²) < 4.78 is 0. The monoisotopic (exact) mass is 299 g/mol. The van der Waals surface area contributed by atoms with Gasteiger partial charge in [-0.05, 0) is 43.2 Å². The van der Waals surface area contributed by atoms with Gasteiger partial charge in [0.05, 0.1) is 11.3 Å². The van der Waals surface area contributed by atoms with E-state index in [1.54, 1.807) is 24.3 Å². The molecule has 0 aliphatic heterocycles. The molecule has 0 spiro atoms. The number of carbonyl (C=O) groups is 1. The van der Waals surface area contributed by atoms with Gasteiger partial charge in [-0.2, -0.15) is 5.26 Å². The first-order valence-corrected chi connectivity index (χ1v) is 6.73. The zero-order valence-electron chi connectivity index (χ0n) is 11.7. The highest BCUT2D eigenvalue weighted by molar-refractivity contribution is 6.31. The molecular weight excluding hydrogens is 286 g/mol. The molecule has 0 fully saturated rings. The van der Waals surface area contributed by atoms with Gasteiger partial charge in [-0.1, -0.05) is 29.8 Å². The van der Waals surface area contributed by atoms with Crippen LogP contribution in [0, 0.1) is 25.2 Å². The number of nitriles is 1. The first kappa shape index (κ1) is 14.9. The summed E-state index contributed by atoms with van der Waals surface area (Å²) >= 11 is 6.01. The number of anilines is 2. The number of amides is 2. The lowest BCUT2D eigenvalue weighted by Crippen LogP contribution is -2.20. The Labute approximate surface area is 128 Å². The number of halogens is 1. The van der Waals surface area contributed by atoms with Crippen LogP contribution in [-0.2, 0) is 0 Å². The van der Waals surface area contributed by atoms with Gasteiger partial charge in [0.15, 0.2) is 0 Å². The number of carbonyl (C=O) groups excluding carboxylic acids is 1. The highest BCUT2D eigenvalue weighted by Gasteiger charge is 2.09. The number of hydrogen-bond acceptors (Lipinski definition) is 2. The van der Waals surface area contributed by atoms with Crippen LogP contribution in [0.3, 0.4) is 0 Å². The van der Waals surface area contributed by atoms with Crippen molar-refractivity contribution in [2.24, 2.45) is 0 Å². The lowest BCUT2D eigenvalue weighted by molar-refractivity contribution is 0.262. The second kappa shape index (κ2) is 6.29. The van der Waals surface area contributed by atoms with Gasteiger partial charge in [-0.3, -0.25) is 0 Å². The number of rotatable bonds is 2. The van der Waals surface area contributed by atoms with Crippen LogP contribution in [-0.4, -0.2) is 6.03 Å². The molecule has 0 heterocycles. The molecule has 0 saturated heterocycles. The fourth-order valence-corrected chi connectivity index (χ4v) is 2.06. The smallest absolute Gasteiger partial charge is 0.308 e. The molecule has 0 bridgehead atoms. The first-order valence-electron chi connectivity index (χ1n) is 6.35. The quantitative estimate of drug-likeness (QED) is 0.859. The third-order valence-corrected chi connectivity index (χ3v) is 3.47. The number of aryl methyl sites for hydroxylation is 2. The van der Waals surface area contributed by atoms with E-state index in [2.05, 4.69) is 16.7 Å². The molecule has 2 aromatic carbocycles. The second-order valence-corrected chi connectivity index (χ2v) is 5.06. The maximum atomic E-state index is 12.0. The van der Waals surface area contributed by atoms with E-state index in [-0.39, 0.29) is 0 Å². The second-order valence-electron chi connectivity index (χ2n) is 4.65. The summed E-state index contributed by atoms with van der Waals surface area (Å²) in [5.74, 6) is 0. The molecule has 5 heteroatoms. The standard InChI is InChI=1S/C16H14ClN3O/c1-10-4-3-5-15(13(10)9-18)20-16(21)19-12-7-6-11(2)14(17)8-12/h3-8H,1-2H3,(H2,19,20,21). The van der Waals surface area contributed by atoms with Gasteiger partial charge < -0.3 is 10.6 Å². The van der Waals surface area contributed by atoms with Crippen molar-refractivity contribution in [3.63, 3.8) is 0 Å². The van der Waals surface area contributed by atoms with Crippen LogP contribution < -0.4 is 10.6 Å². The topological polar surface area (TPSA) is 64.9 Å². The number of nitrogens with one attached hydrogen (secondary N) is 2. The summed E-state index contributed by atoms with van der Waals surface area (Å²) in [7, 11) is 0. The molecule has 0 aromatic heterocycles. The zero-order valence-corrected chi connectivity index (χ0v) is 12.5. The van der Waals surface area contributed by atoms with Gasteiger partial charge in [0.1, 0.15) is 6.07 Å². The number of nitrogens with zero attached hydrogens (tertiary/aromatic N) is 1. The van der Waals surface area contributed by atoms with Crippen molar-refractivity contribution in [1.29, 1.82) is 5.26 Å². The number of urea groups is 1. The summed E-state index contributed by atoms with van der Waals surface area (Å²) in [6, 6.07) is 12.2. The van der Waals surface area contributed by atoms with E-state index < -0.39 is 6.03 Å². The highest BCUT2D eigenvalue weighted by atomic mass is 35.5. The van der Waals surface area contributed by atoms with Crippen molar-refractivity contribution >= 4 is 29.0 Å². The number of hydrogen-bond donors (Lipinski definition) is 2. The third kappa shape index (κ3) is 3.53. The van der Waals surface area contributed by atoms with Gasteiger partial charge in [0.2, 0.25) is 0 Å². The van der Waals surface area contributed by atoms with E-state index in [1.165, 1.54) is 0 Å². The minimum Gasteiger partial charge on any atom is -0.308 e. The largest absolute Gasteiger partial charge is 0.323 e. The van der Waals surface area contributed by atoms with Crippen LogP contribution in [0.2, 0.25) is 5.02 Å². The molecule has 2 aromatic rings. The Hall–Kier alpha value is -2.51. The molecule has 0 atom stereocenters. The average Bonchev–Trinajstić information content (AvgIpc) is 2.43. The Bertz CT molecular complexity index is 735. The van der Waals surface area contributed by atoms with E-state index in [9.17, 15) is 4.79 Å². The zero-order chi connectivity index (χ0) is 15.4. The van der Waals surface area contributed by atoms with Gasteiger partial charge in [0.25, 0.3) is 0 Å². The van der Waals surface area contributed by atoms with Crippen molar-refractivity contribution in [2.45, 2.75) is 13.8 Å². The van der Waals surface area contributed by atoms with Crippen molar-refractivity contribution < 1.29 is 4.79 Å². The third-order valence-electron chi connectivity index (χ3n) is 3.06. The molecule has 4 nitrogen and oxygen atoms in total. The number of benzene rings is 2. The Morgan fingerprint density at radius 1 is 1.14 bits per heavy atom. The van der Waals surface area contributed by atoms with E-state index >= 15 is 0 Å². The predicted octanol–water partition coefficient (Wildman–Crippen LogP) is 4.47. The van der Waals surface area contributed by atoms with E-state index in [0.29, 0.717) is 22.0 Å². The van der Waals surface area contributed by atoms with Crippen molar-refractivity contribution in [3.8, 4) is 6.07 Å². The molecule has 21 heavy (non-hydrogen) atoms. The van der Waals surface area contributed by atoms with Crippen LogP contribution in [0.15, 0.2) is 36.4 Å². The SMILES string of the molecule is Cc1ccc(NC(=O)Nc2cccc(C)c2C#N)cc1Cl. The summed E-state index contributed by atoms with van der Waals surface area (Å²) in [6.45, 7) is 3.71. The molecule has 0 radical (unpaired) electrons. The molecular formula is C16H14ClN3O. The minimum absolute atomic E-state index is 0.419. The molecule has 2 amide bonds. The molecule has 2 rings (SSSR count). The Morgan fingerprint density at radius 2 is 1.90 bits per heavy atom. The van der Waals surface area contributed by atoms with Crippen LogP contribution in [0.5, 0.6) is 0 Å². The maximum absolute atomic E-state index is 12.0. The van der Waals surface area contributed by atoms with Gasteiger partial charge in [-0.25, -0.2) is 4.79 Å². The minimum atomic E-state index is -0.419. The molecule has 0 saturated carbocycles. The normalized spacial score (nSPS) is 9.81. The summed E-state index contributed by atoms with van der Waals surface area (Å²) in [6.07, 6.45) is 0. The fourth-order valence-electron chi connectivity index (χ4n) is 1.88. The van der Waals surface area contributed by atoms with Crippen LogP contribution >= 0.6 is 11.6 Å². The summed E-state index contributed by atoms with van der Waals surface area (Å²) in [4.78, 5) is 12.0. The Morgan fingerprint density at radius 3 is 2.57 bits per heavy atom. The lowest BCUT2D eigenvalue weighted by Gasteiger charge is -2.10. The van der Waals surface area contributed by atoms with E-state index in [4.69, 9.17) is 16.9 Å². The summed E-state index contributed by atoms with van der Waals surface area (Å²) in [5.41, 5.74) is 3.28. The molecule has 0 aliphatic rings.